The van der Waals surface area contributed by atoms with E-state index in [1.54, 1.807) is 0 Å². The third-order valence-corrected chi connectivity index (χ3v) is 7.86. The number of carbonyl (C=O) groups is 1. The lowest BCUT2D eigenvalue weighted by Crippen LogP contribution is -2.34. The quantitative estimate of drug-likeness (QED) is 0.318. The number of hydrogen-bond donors (Lipinski definition) is 2. The number of hydrogen-bond acceptors (Lipinski definition) is 3. The molecule has 3 heterocycles. The zero-order chi connectivity index (χ0) is 22.8. The molecule has 1 saturated heterocycles. The predicted octanol–water partition coefficient (Wildman–Crippen LogP) is 6.87. The van der Waals surface area contributed by atoms with Gasteiger partial charge >= 0.3 is 0 Å². The molecular weight excluding hydrogens is 450 g/mol. The molecular formula is C27H28ClN3OS. The summed E-state index contributed by atoms with van der Waals surface area (Å²) in [6, 6.07) is 16.1. The molecule has 4 aromatic rings. The van der Waals surface area contributed by atoms with Gasteiger partial charge in [0.15, 0.2) is 0 Å². The molecule has 0 spiro atoms. The topological polar surface area (TPSA) is 48.1 Å². The summed E-state index contributed by atoms with van der Waals surface area (Å²) in [6.07, 6.45) is 5.50. The van der Waals surface area contributed by atoms with Crippen LogP contribution in [0.4, 0.5) is 5.69 Å². The third-order valence-electron chi connectivity index (χ3n) is 6.75. The first-order chi connectivity index (χ1) is 16.1. The van der Waals surface area contributed by atoms with Crippen molar-refractivity contribution in [2.45, 2.75) is 32.1 Å². The Kier molecular flexibility index (Phi) is 6.54. The highest BCUT2D eigenvalue weighted by Crippen LogP contribution is 2.34. The largest absolute Gasteiger partial charge is 0.361 e. The molecule has 2 aromatic heterocycles. The molecule has 6 heteroatoms. The first-order valence-corrected chi connectivity index (χ1v) is 12.8. The minimum atomic E-state index is -0.0403. The molecule has 33 heavy (non-hydrogen) atoms. The van der Waals surface area contributed by atoms with Gasteiger partial charge in [-0.2, -0.15) is 0 Å². The van der Waals surface area contributed by atoms with Crippen LogP contribution in [0.5, 0.6) is 0 Å². The molecule has 0 atom stereocenters. The molecule has 5 rings (SSSR count). The van der Waals surface area contributed by atoms with E-state index in [9.17, 15) is 4.79 Å². The van der Waals surface area contributed by atoms with Crippen LogP contribution in [-0.4, -0.2) is 35.4 Å². The second kappa shape index (κ2) is 9.72. The summed E-state index contributed by atoms with van der Waals surface area (Å²) in [6.45, 7) is 5.41. The SMILES string of the molecule is Cc1ccc(NC(=O)c2cccs2)cc1CCN1CCC(c2c[nH]c3cc(Cl)ccc23)CC1. The number of benzene rings is 2. The second-order valence-electron chi connectivity index (χ2n) is 8.87. The van der Waals surface area contributed by atoms with E-state index in [-0.39, 0.29) is 5.91 Å². The van der Waals surface area contributed by atoms with Crippen molar-refractivity contribution in [2.75, 3.05) is 25.0 Å². The van der Waals surface area contributed by atoms with E-state index in [2.05, 4.69) is 46.5 Å². The third kappa shape index (κ3) is 5.01. The maximum Gasteiger partial charge on any atom is 0.265 e. The first-order valence-electron chi connectivity index (χ1n) is 11.5. The van der Waals surface area contributed by atoms with Gasteiger partial charge in [-0.25, -0.2) is 0 Å². The highest BCUT2D eigenvalue weighted by molar-refractivity contribution is 7.12. The number of amides is 1. The standard InChI is InChI=1S/C27H28ClN3OS/c1-18-4-6-22(30-27(32)26-3-2-14-33-26)15-20(18)10-13-31-11-8-19(9-12-31)24-17-29-25-16-21(28)5-7-23(24)25/h2-7,14-17,19,29H,8-13H2,1H3,(H,30,32). The van der Waals surface area contributed by atoms with E-state index >= 15 is 0 Å². The molecule has 0 saturated carbocycles. The molecule has 0 radical (unpaired) electrons. The van der Waals surface area contributed by atoms with Crippen molar-refractivity contribution >= 4 is 45.4 Å². The fourth-order valence-corrected chi connectivity index (χ4v) is 5.61. The summed E-state index contributed by atoms with van der Waals surface area (Å²) in [7, 11) is 0. The summed E-state index contributed by atoms with van der Waals surface area (Å²) in [5.41, 5.74) is 5.99. The van der Waals surface area contributed by atoms with Gasteiger partial charge in [-0.15, -0.1) is 11.3 Å². The van der Waals surface area contributed by atoms with Crippen molar-refractivity contribution in [3.8, 4) is 0 Å². The van der Waals surface area contributed by atoms with Gasteiger partial charge in [-0.05, 0) is 97.6 Å². The molecule has 170 valence electrons. The van der Waals surface area contributed by atoms with Crippen LogP contribution in [0.3, 0.4) is 0 Å². The first kappa shape index (κ1) is 22.2. The van der Waals surface area contributed by atoms with Gasteiger partial charge in [-0.3, -0.25) is 4.79 Å². The van der Waals surface area contributed by atoms with E-state index in [0.29, 0.717) is 5.92 Å². The van der Waals surface area contributed by atoms with Gasteiger partial charge in [0, 0.05) is 34.4 Å². The number of likely N-dealkylation sites (tertiary alicyclic amines) is 1. The van der Waals surface area contributed by atoms with Crippen LogP contribution < -0.4 is 5.32 Å². The van der Waals surface area contributed by atoms with Crippen molar-refractivity contribution in [3.05, 3.63) is 86.7 Å². The Bertz CT molecular complexity index is 1260. The maximum absolute atomic E-state index is 12.4. The van der Waals surface area contributed by atoms with Crippen LogP contribution in [0, 0.1) is 6.92 Å². The van der Waals surface area contributed by atoms with Crippen molar-refractivity contribution in [2.24, 2.45) is 0 Å². The number of piperidine rings is 1. The number of halogens is 1. The lowest BCUT2D eigenvalue weighted by atomic mass is 9.89. The number of fused-ring (bicyclic) bond motifs is 1. The number of nitrogens with one attached hydrogen (secondary N) is 2. The van der Waals surface area contributed by atoms with Crippen LogP contribution >= 0.6 is 22.9 Å². The van der Waals surface area contributed by atoms with Gasteiger partial charge in [0.25, 0.3) is 5.91 Å². The summed E-state index contributed by atoms with van der Waals surface area (Å²) < 4.78 is 0. The average molecular weight is 478 g/mol. The number of rotatable bonds is 6. The van der Waals surface area contributed by atoms with E-state index in [0.717, 1.165) is 47.2 Å². The normalized spacial score (nSPS) is 15.2. The van der Waals surface area contributed by atoms with E-state index < -0.39 is 0 Å². The zero-order valence-electron chi connectivity index (χ0n) is 18.7. The number of H-pyrrole nitrogens is 1. The van der Waals surface area contributed by atoms with Gasteiger partial charge < -0.3 is 15.2 Å². The van der Waals surface area contributed by atoms with Crippen LogP contribution in [0.2, 0.25) is 5.02 Å². The Morgan fingerprint density at radius 2 is 2.03 bits per heavy atom. The summed E-state index contributed by atoms with van der Waals surface area (Å²) in [4.78, 5) is 19.1. The highest BCUT2D eigenvalue weighted by atomic mass is 35.5. The Morgan fingerprint density at radius 1 is 1.18 bits per heavy atom. The Hall–Kier alpha value is -2.60. The maximum atomic E-state index is 12.4. The summed E-state index contributed by atoms with van der Waals surface area (Å²) in [5.74, 6) is 0.551. The monoisotopic (exact) mass is 477 g/mol. The fourth-order valence-electron chi connectivity index (χ4n) is 4.82. The zero-order valence-corrected chi connectivity index (χ0v) is 20.3. The fraction of sp³-hybridized carbons (Fsp3) is 0.296. The lowest BCUT2D eigenvalue weighted by Gasteiger charge is -2.32. The number of aromatic amines is 1. The van der Waals surface area contributed by atoms with Crippen LogP contribution in [0.1, 0.15) is 45.1 Å². The molecule has 1 fully saturated rings. The van der Waals surface area contributed by atoms with Crippen molar-refractivity contribution in [1.29, 1.82) is 0 Å². The molecule has 0 aliphatic carbocycles. The van der Waals surface area contributed by atoms with Crippen LogP contribution in [0.15, 0.2) is 60.1 Å². The number of thiophene rings is 1. The minimum Gasteiger partial charge on any atom is -0.361 e. The number of aryl methyl sites for hydroxylation is 1. The number of carbonyl (C=O) groups excluding carboxylic acids is 1. The van der Waals surface area contributed by atoms with Crippen molar-refractivity contribution in [3.63, 3.8) is 0 Å². The smallest absolute Gasteiger partial charge is 0.265 e. The summed E-state index contributed by atoms with van der Waals surface area (Å²) >= 11 is 7.60. The van der Waals surface area contributed by atoms with E-state index in [1.807, 2.05) is 35.7 Å². The summed E-state index contributed by atoms with van der Waals surface area (Å²) in [5, 5.41) is 7.03. The number of anilines is 1. The Balaban J connectivity index is 1.17. The highest BCUT2D eigenvalue weighted by Gasteiger charge is 2.23. The van der Waals surface area contributed by atoms with E-state index in [4.69, 9.17) is 11.6 Å². The minimum absolute atomic E-state index is 0.0403. The molecule has 1 aliphatic heterocycles. The van der Waals surface area contributed by atoms with Gasteiger partial charge in [-0.1, -0.05) is 29.8 Å². The molecule has 1 aliphatic rings. The molecule has 0 bridgehead atoms. The Morgan fingerprint density at radius 3 is 2.82 bits per heavy atom. The molecule has 2 aromatic carbocycles. The molecule has 2 N–H and O–H groups in total. The Labute approximate surface area is 203 Å². The molecule has 4 nitrogen and oxygen atoms in total. The van der Waals surface area contributed by atoms with Crippen molar-refractivity contribution in [1.82, 2.24) is 9.88 Å². The molecule has 0 unspecified atom stereocenters. The average Bonchev–Trinajstić information content (AvgIpc) is 3.50. The van der Waals surface area contributed by atoms with Gasteiger partial charge in [0.1, 0.15) is 0 Å². The van der Waals surface area contributed by atoms with E-state index in [1.165, 1.54) is 46.3 Å². The lowest BCUT2D eigenvalue weighted by molar-refractivity contribution is 0.103. The molecule has 1 amide bonds. The predicted molar refractivity (Wildman–Crippen MR) is 139 cm³/mol. The second-order valence-corrected chi connectivity index (χ2v) is 10.3. The van der Waals surface area contributed by atoms with Crippen LogP contribution in [-0.2, 0) is 6.42 Å². The van der Waals surface area contributed by atoms with Crippen LogP contribution in [0.25, 0.3) is 10.9 Å². The van der Waals surface area contributed by atoms with Crippen molar-refractivity contribution < 1.29 is 4.79 Å². The van der Waals surface area contributed by atoms with Gasteiger partial charge in [0.05, 0.1) is 4.88 Å². The number of aromatic nitrogens is 1. The number of nitrogens with zero attached hydrogens (tertiary/aromatic N) is 1. The van der Waals surface area contributed by atoms with Gasteiger partial charge in [0.2, 0.25) is 0 Å².